The zero-order valence-corrected chi connectivity index (χ0v) is 11.6. The molecule has 0 aromatic rings. The number of aliphatic hydroxyl groups excluding tert-OH is 2. The van der Waals surface area contributed by atoms with E-state index in [0.29, 0.717) is 12.2 Å². The number of nitrogens with zero attached hydrogens (tertiary/aromatic N) is 2. The van der Waals surface area contributed by atoms with Gasteiger partial charge >= 0.3 is 0 Å². The van der Waals surface area contributed by atoms with Crippen molar-refractivity contribution in [2.75, 3.05) is 20.8 Å². The van der Waals surface area contributed by atoms with Gasteiger partial charge in [0.25, 0.3) is 0 Å². The number of amides is 1. The molecule has 0 aromatic carbocycles. The van der Waals surface area contributed by atoms with E-state index in [-0.39, 0.29) is 24.9 Å². The van der Waals surface area contributed by atoms with E-state index in [1.54, 1.807) is 7.05 Å². The summed E-state index contributed by atoms with van der Waals surface area (Å²) in [5, 5.41) is 16.0. The van der Waals surface area contributed by atoms with Gasteiger partial charge in [0.2, 0.25) is 6.41 Å². The maximum atomic E-state index is 11.0. The van der Waals surface area contributed by atoms with Crippen molar-refractivity contribution < 1.29 is 19.7 Å². The maximum Gasteiger partial charge on any atom is 0.215 e. The molecule has 3 unspecified atom stereocenters. The van der Waals surface area contributed by atoms with Gasteiger partial charge in [0.1, 0.15) is 12.1 Å². The van der Waals surface area contributed by atoms with Crippen LogP contribution in [0.1, 0.15) is 13.3 Å². The van der Waals surface area contributed by atoms with Gasteiger partial charge in [-0.15, -0.1) is 0 Å². The summed E-state index contributed by atoms with van der Waals surface area (Å²) < 4.78 is 5.55. The number of aliphatic hydroxyl groups is 2. The highest BCUT2D eigenvalue weighted by Crippen LogP contribution is 2.27. The van der Waals surface area contributed by atoms with E-state index in [1.807, 2.05) is 6.92 Å². The van der Waals surface area contributed by atoms with Crippen molar-refractivity contribution in [1.82, 2.24) is 4.90 Å². The first-order valence-corrected chi connectivity index (χ1v) is 5.96. The summed E-state index contributed by atoms with van der Waals surface area (Å²) in [6.07, 6.45) is 3.93. The molecule has 7 heteroatoms. The molecule has 0 radical (unpaired) electrons. The van der Waals surface area contributed by atoms with Crippen LogP contribution in [0, 0.1) is 5.92 Å². The molecule has 19 heavy (non-hydrogen) atoms. The van der Waals surface area contributed by atoms with Gasteiger partial charge in [-0.1, -0.05) is 6.92 Å². The van der Waals surface area contributed by atoms with Gasteiger partial charge in [0.05, 0.1) is 12.7 Å². The average molecular weight is 273 g/mol. The number of carbonyl (C=O) groups excluding carboxylic acids is 1. The lowest BCUT2D eigenvalue weighted by molar-refractivity contribution is -0.129. The summed E-state index contributed by atoms with van der Waals surface area (Å²) in [4.78, 5) is 16.1. The van der Waals surface area contributed by atoms with E-state index in [2.05, 4.69) is 4.99 Å². The van der Waals surface area contributed by atoms with E-state index < -0.39 is 0 Å². The van der Waals surface area contributed by atoms with Crippen LogP contribution >= 0.6 is 0 Å². The molecule has 110 valence electrons. The van der Waals surface area contributed by atoms with Gasteiger partial charge in [-0.3, -0.25) is 14.7 Å². The third-order valence-corrected chi connectivity index (χ3v) is 2.75. The van der Waals surface area contributed by atoms with E-state index in [1.165, 1.54) is 17.2 Å². The van der Waals surface area contributed by atoms with Crippen LogP contribution in [-0.4, -0.2) is 60.5 Å². The molecule has 1 aliphatic rings. The average Bonchev–Trinajstić information content (AvgIpc) is 2.83. The largest absolute Gasteiger partial charge is 0.400 e. The van der Waals surface area contributed by atoms with E-state index in [4.69, 9.17) is 20.7 Å². The zero-order valence-electron chi connectivity index (χ0n) is 11.6. The number of nitrogens with two attached hydrogens (primary N) is 1. The van der Waals surface area contributed by atoms with Crippen LogP contribution in [0.15, 0.2) is 17.3 Å². The van der Waals surface area contributed by atoms with Crippen LogP contribution in [0.25, 0.3) is 0 Å². The first-order valence-electron chi connectivity index (χ1n) is 5.96. The molecule has 0 aromatic heterocycles. The number of aliphatic imine (C=N–C) groups is 1. The molecular formula is C12H23N3O4. The highest BCUT2D eigenvalue weighted by Gasteiger charge is 2.34. The third kappa shape index (κ3) is 5.37. The highest BCUT2D eigenvalue weighted by molar-refractivity contribution is 5.91. The Hall–Kier alpha value is -1.44. The molecular weight excluding hydrogens is 250 g/mol. The molecule has 1 saturated heterocycles. The Labute approximate surface area is 113 Å². The Morgan fingerprint density at radius 3 is 2.63 bits per heavy atom. The summed E-state index contributed by atoms with van der Waals surface area (Å²) in [7, 11) is 2.57. The first kappa shape index (κ1) is 17.6. The molecule has 0 spiro atoms. The summed E-state index contributed by atoms with van der Waals surface area (Å²) in [6, 6.07) is 0. The van der Waals surface area contributed by atoms with Crippen LogP contribution < -0.4 is 5.73 Å². The molecule has 1 rings (SSSR count). The van der Waals surface area contributed by atoms with Crippen molar-refractivity contribution in [3.8, 4) is 0 Å². The van der Waals surface area contributed by atoms with E-state index in [0.717, 1.165) is 13.5 Å². The van der Waals surface area contributed by atoms with Gasteiger partial charge in [-0.25, -0.2) is 0 Å². The second kappa shape index (κ2) is 9.48. The Kier molecular flexibility index (Phi) is 8.77. The van der Waals surface area contributed by atoms with Crippen LogP contribution in [0.4, 0.5) is 0 Å². The van der Waals surface area contributed by atoms with Gasteiger partial charge in [0.15, 0.2) is 0 Å². The molecule has 4 N–H and O–H groups in total. The van der Waals surface area contributed by atoms with Crippen LogP contribution in [0.3, 0.4) is 0 Å². The maximum absolute atomic E-state index is 11.0. The van der Waals surface area contributed by atoms with Crippen molar-refractivity contribution in [2.24, 2.45) is 16.6 Å². The normalized spacial score (nSPS) is 27.0. The molecule has 7 nitrogen and oxygen atoms in total. The van der Waals surface area contributed by atoms with Crippen molar-refractivity contribution in [2.45, 2.75) is 25.7 Å². The minimum atomic E-state index is -0.356. The Balaban J connectivity index is 0.00000154. The van der Waals surface area contributed by atoms with Crippen molar-refractivity contribution in [3.05, 3.63) is 12.3 Å². The van der Waals surface area contributed by atoms with Crippen molar-refractivity contribution >= 4 is 12.2 Å². The fourth-order valence-electron chi connectivity index (χ4n) is 1.82. The van der Waals surface area contributed by atoms with Crippen LogP contribution in [-0.2, 0) is 9.53 Å². The number of hydrogen-bond donors (Lipinski definition) is 3. The molecule has 0 aliphatic carbocycles. The molecule has 1 fully saturated rings. The highest BCUT2D eigenvalue weighted by atomic mass is 16.5. The molecule has 1 heterocycles. The van der Waals surface area contributed by atoms with Gasteiger partial charge in [0, 0.05) is 26.3 Å². The SMILES string of the molecule is CN=C(N)/C=C\N(C=O)C1OC(CO)CC1C.CO. The summed E-state index contributed by atoms with van der Waals surface area (Å²) in [6.45, 7) is 1.94. The number of ether oxygens (including phenoxy) is 1. The fourth-order valence-corrected chi connectivity index (χ4v) is 1.82. The molecule has 1 aliphatic heterocycles. The lowest BCUT2D eigenvalue weighted by atomic mass is 10.1. The Morgan fingerprint density at radius 1 is 1.58 bits per heavy atom. The van der Waals surface area contributed by atoms with Crippen LogP contribution in [0.5, 0.6) is 0 Å². The Bertz CT molecular complexity index is 320. The number of carbonyl (C=O) groups is 1. The number of amidine groups is 1. The summed E-state index contributed by atoms with van der Waals surface area (Å²) >= 11 is 0. The molecule has 1 amide bonds. The third-order valence-electron chi connectivity index (χ3n) is 2.75. The molecule has 0 bridgehead atoms. The Morgan fingerprint density at radius 2 is 2.21 bits per heavy atom. The topological polar surface area (TPSA) is 108 Å². The number of rotatable bonds is 5. The monoisotopic (exact) mass is 273 g/mol. The van der Waals surface area contributed by atoms with E-state index in [9.17, 15) is 4.79 Å². The fraction of sp³-hybridized carbons (Fsp3) is 0.667. The summed E-state index contributed by atoms with van der Waals surface area (Å²) in [5.41, 5.74) is 5.50. The second-order valence-electron chi connectivity index (χ2n) is 4.06. The molecule has 0 saturated carbocycles. The first-order chi connectivity index (χ1) is 9.12. The minimum absolute atomic E-state index is 0.0319. The summed E-state index contributed by atoms with van der Waals surface area (Å²) in [5.74, 6) is 0.503. The van der Waals surface area contributed by atoms with E-state index >= 15 is 0 Å². The van der Waals surface area contributed by atoms with Gasteiger partial charge < -0.3 is 20.7 Å². The lowest BCUT2D eigenvalue weighted by Crippen LogP contribution is -2.34. The van der Waals surface area contributed by atoms with Crippen molar-refractivity contribution in [3.63, 3.8) is 0 Å². The molecule has 3 atom stereocenters. The van der Waals surface area contributed by atoms with Gasteiger partial charge in [-0.05, 0) is 12.5 Å². The minimum Gasteiger partial charge on any atom is -0.400 e. The van der Waals surface area contributed by atoms with Crippen molar-refractivity contribution in [1.29, 1.82) is 0 Å². The number of hydrogen-bond acceptors (Lipinski definition) is 5. The van der Waals surface area contributed by atoms with Gasteiger partial charge in [-0.2, -0.15) is 0 Å². The second-order valence-corrected chi connectivity index (χ2v) is 4.06. The lowest BCUT2D eigenvalue weighted by Gasteiger charge is -2.24. The van der Waals surface area contributed by atoms with Crippen LogP contribution in [0.2, 0.25) is 0 Å². The predicted molar refractivity (Wildman–Crippen MR) is 72.3 cm³/mol. The zero-order chi connectivity index (χ0) is 14.8. The predicted octanol–water partition coefficient (Wildman–Crippen LogP) is -0.703. The standard InChI is InChI=1S/C11H19N3O3.CH4O/c1-8-5-9(6-15)17-11(8)14(7-16)4-3-10(12)13-2;1-2/h3-4,7-9,11,15H,5-6H2,1-2H3,(H2,12,13);2H,1H3/b4-3-;. The quantitative estimate of drug-likeness (QED) is 0.348. The smallest absolute Gasteiger partial charge is 0.215 e.